The smallest absolute Gasteiger partial charge is 0.376 e. The molecule has 0 bridgehead atoms. The van der Waals surface area contributed by atoms with Crippen LogP contribution in [0.2, 0.25) is 0 Å². The Morgan fingerprint density at radius 3 is 2.20 bits per heavy atom. The molecule has 0 unspecified atom stereocenters. The predicted molar refractivity (Wildman–Crippen MR) is 59.4 cm³/mol. The van der Waals surface area contributed by atoms with Crippen molar-refractivity contribution < 1.29 is 18.3 Å². The van der Waals surface area contributed by atoms with Crippen LogP contribution >= 0.6 is 22.6 Å². The molecule has 1 atom stereocenters. The van der Waals surface area contributed by atoms with Gasteiger partial charge in [-0.1, -0.05) is 25.1 Å². The molecule has 1 rings (SSSR count). The number of alkyl halides is 3. The number of benzene rings is 1. The second-order valence-corrected chi connectivity index (χ2v) is 4.35. The molecule has 84 valence electrons. The van der Waals surface area contributed by atoms with Crippen molar-refractivity contribution in [2.75, 3.05) is 0 Å². The minimum Gasteiger partial charge on any atom is -0.376 e. The maximum Gasteiger partial charge on any atom is 0.421 e. The SMILES string of the molecule is CC[C@@](O)(c1ccccc1I)C(F)(F)F. The van der Waals surface area contributed by atoms with Gasteiger partial charge in [0, 0.05) is 9.13 Å². The predicted octanol–water partition coefficient (Wildman–Crippen LogP) is 3.45. The van der Waals surface area contributed by atoms with Gasteiger partial charge in [-0.05, 0) is 35.1 Å². The summed E-state index contributed by atoms with van der Waals surface area (Å²) < 4.78 is 38.6. The monoisotopic (exact) mass is 330 g/mol. The Bertz CT molecular complexity index is 351. The fourth-order valence-corrected chi connectivity index (χ4v) is 2.17. The summed E-state index contributed by atoms with van der Waals surface area (Å²) in [6.45, 7) is 1.32. The Morgan fingerprint density at radius 2 is 1.80 bits per heavy atom. The summed E-state index contributed by atoms with van der Waals surface area (Å²) in [6, 6.07) is 5.97. The zero-order valence-electron chi connectivity index (χ0n) is 7.98. The van der Waals surface area contributed by atoms with Gasteiger partial charge in [0.2, 0.25) is 0 Å². The Balaban J connectivity index is 3.30. The third kappa shape index (κ3) is 2.28. The minimum absolute atomic E-state index is 0.0828. The van der Waals surface area contributed by atoms with Gasteiger partial charge in [-0.3, -0.25) is 0 Å². The van der Waals surface area contributed by atoms with Crippen LogP contribution in [-0.2, 0) is 5.60 Å². The van der Waals surface area contributed by atoms with Crippen molar-refractivity contribution in [3.63, 3.8) is 0 Å². The maximum absolute atomic E-state index is 12.7. The van der Waals surface area contributed by atoms with Gasteiger partial charge < -0.3 is 5.11 Å². The molecule has 0 radical (unpaired) electrons. The Labute approximate surface area is 99.4 Å². The average Bonchev–Trinajstić information content (AvgIpc) is 2.15. The molecular formula is C10H10F3IO. The molecule has 0 amide bonds. The summed E-state index contributed by atoms with van der Waals surface area (Å²) in [5, 5.41) is 9.68. The number of hydrogen-bond donors (Lipinski definition) is 1. The first kappa shape index (κ1) is 12.8. The second-order valence-electron chi connectivity index (χ2n) is 3.19. The molecule has 5 heteroatoms. The fraction of sp³-hybridized carbons (Fsp3) is 0.400. The molecule has 15 heavy (non-hydrogen) atoms. The first-order valence-electron chi connectivity index (χ1n) is 4.37. The van der Waals surface area contributed by atoms with Gasteiger partial charge in [-0.15, -0.1) is 0 Å². The molecule has 1 N–H and O–H groups in total. The molecule has 1 aromatic rings. The lowest BCUT2D eigenvalue weighted by Crippen LogP contribution is -2.42. The highest BCUT2D eigenvalue weighted by Crippen LogP contribution is 2.42. The van der Waals surface area contributed by atoms with Crippen molar-refractivity contribution in [2.24, 2.45) is 0 Å². The van der Waals surface area contributed by atoms with E-state index in [1.807, 2.05) is 0 Å². The van der Waals surface area contributed by atoms with Gasteiger partial charge in [0.25, 0.3) is 0 Å². The summed E-state index contributed by atoms with van der Waals surface area (Å²) in [6.07, 6.45) is -5.04. The van der Waals surface area contributed by atoms with E-state index in [9.17, 15) is 18.3 Å². The van der Waals surface area contributed by atoms with Gasteiger partial charge in [0.15, 0.2) is 5.60 Å². The van der Waals surface area contributed by atoms with Crippen LogP contribution < -0.4 is 0 Å². The summed E-state index contributed by atoms with van der Waals surface area (Å²) in [5.74, 6) is 0. The quantitative estimate of drug-likeness (QED) is 0.824. The molecule has 0 aliphatic heterocycles. The van der Waals surface area contributed by atoms with Crippen LogP contribution in [0.5, 0.6) is 0 Å². The van der Waals surface area contributed by atoms with Crippen LogP contribution in [0.1, 0.15) is 18.9 Å². The van der Waals surface area contributed by atoms with E-state index >= 15 is 0 Å². The van der Waals surface area contributed by atoms with Crippen molar-refractivity contribution in [3.05, 3.63) is 33.4 Å². The van der Waals surface area contributed by atoms with Crippen LogP contribution in [0.25, 0.3) is 0 Å². The molecule has 0 fully saturated rings. The summed E-state index contributed by atoms with van der Waals surface area (Å²) in [5.41, 5.74) is -2.83. The van der Waals surface area contributed by atoms with Gasteiger partial charge in [0.1, 0.15) is 0 Å². The molecule has 0 saturated heterocycles. The average molecular weight is 330 g/mol. The van der Waals surface area contributed by atoms with E-state index < -0.39 is 18.2 Å². The van der Waals surface area contributed by atoms with E-state index in [1.54, 1.807) is 34.7 Å². The van der Waals surface area contributed by atoms with Crippen molar-refractivity contribution in [1.82, 2.24) is 0 Å². The molecular weight excluding hydrogens is 320 g/mol. The van der Waals surface area contributed by atoms with Gasteiger partial charge in [-0.2, -0.15) is 13.2 Å². The van der Waals surface area contributed by atoms with E-state index in [0.29, 0.717) is 3.57 Å². The summed E-state index contributed by atoms with van der Waals surface area (Å²) >= 11 is 1.79. The van der Waals surface area contributed by atoms with Crippen LogP contribution in [-0.4, -0.2) is 11.3 Å². The second kappa shape index (κ2) is 4.29. The molecule has 0 aromatic heterocycles. The van der Waals surface area contributed by atoms with Crippen molar-refractivity contribution in [3.8, 4) is 0 Å². The number of aliphatic hydroxyl groups is 1. The normalized spacial score (nSPS) is 16.1. The summed E-state index contributed by atoms with van der Waals surface area (Å²) in [4.78, 5) is 0. The summed E-state index contributed by atoms with van der Waals surface area (Å²) in [7, 11) is 0. The van der Waals surface area contributed by atoms with E-state index in [0.717, 1.165) is 0 Å². The topological polar surface area (TPSA) is 20.2 Å². The largest absolute Gasteiger partial charge is 0.421 e. The minimum atomic E-state index is -4.65. The van der Waals surface area contributed by atoms with E-state index in [-0.39, 0.29) is 5.56 Å². The number of rotatable bonds is 2. The molecule has 0 aliphatic carbocycles. The Hall–Kier alpha value is -0.300. The zero-order valence-corrected chi connectivity index (χ0v) is 10.1. The van der Waals surface area contributed by atoms with Crippen LogP contribution in [0.3, 0.4) is 0 Å². The molecule has 1 aromatic carbocycles. The highest BCUT2D eigenvalue weighted by molar-refractivity contribution is 14.1. The molecule has 1 nitrogen and oxygen atoms in total. The molecule has 0 spiro atoms. The van der Waals surface area contributed by atoms with Crippen LogP contribution in [0, 0.1) is 3.57 Å². The number of halogens is 4. The first-order valence-corrected chi connectivity index (χ1v) is 5.45. The standard InChI is InChI=1S/C10H10F3IO/c1-2-9(15,10(11,12)13)7-5-3-4-6-8(7)14/h3-6,15H,2H2,1H3/t9-/m1/s1. The van der Waals surface area contributed by atoms with Crippen molar-refractivity contribution >= 4 is 22.6 Å². The first-order chi connectivity index (χ1) is 6.83. The third-order valence-corrected chi connectivity index (χ3v) is 3.24. The zero-order chi connectivity index (χ0) is 11.7. The molecule has 0 aliphatic rings. The maximum atomic E-state index is 12.7. The lowest BCUT2D eigenvalue weighted by atomic mass is 9.90. The van der Waals surface area contributed by atoms with Gasteiger partial charge in [0.05, 0.1) is 0 Å². The highest BCUT2D eigenvalue weighted by atomic mass is 127. The van der Waals surface area contributed by atoms with Crippen LogP contribution in [0.15, 0.2) is 24.3 Å². The lowest BCUT2D eigenvalue weighted by Gasteiger charge is -2.30. The van der Waals surface area contributed by atoms with E-state index in [4.69, 9.17) is 0 Å². The highest BCUT2D eigenvalue weighted by Gasteiger charge is 2.54. The Kier molecular flexibility index (Phi) is 3.65. The number of hydrogen-bond acceptors (Lipinski definition) is 1. The third-order valence-electron chi connectivity index (χ3n) is 2.30. The molecule has 0 saturated carbocycles. The Morgan fingerprint density at radius 1 is 1.27 bits per heavy atom. The van der Waals surface area contributed by atoms with Crippen LogP contribution in [0.4, 0.5) is 13.2 Å². The van der Waals surface area contributed by atoms with Gasteiger partial charge in [-0.25, -0.2) is 0 Å². The van der Waals surface area contributed by atoms with Crippen molar-refractivity contribution in [2.45, 2.75) is 25.1 Å². The van der Waals surface area contributed by atoms with Crippen molar-refractivity contribution in [1.29, 1.82) is 0 Å². The van der Waals surface area contributed by atoms with E-state index in [2.05, 4.69) is 0 Å². The van der Waals surface area contributed by atoms with Gasteiger partial charge >= 0.3 is 6.18 Å². The lowest BCUT2D eigenvalue weighted by molar-refractivity contribution is -0.268. The van der Waals surface area contributed by atoms with E-state index in [1.165, 1.54) is 19.1 Å². The fourth-order valence-electron chi connectivity index (χ4n) is 1.34. The molecule has 0 heterocycles.